The van der Waals surface area contributed by atoms with E-state index in [1.807, 2.05) is 18.2 Å². The molecule has 108 valence electrons. The van der Waals surface area contributed by atoms with Crippen LogP contribution in [0.3, 0.4) is 0 Å². The molecule has 0 aromatic heterocycles. The van der Waals surface area contributed by atoms with Crippen LogP contribution in [0.5, 0.6) is 5.75 Å². The number of nitrogens with two attached hydrogens (primary N) is 1. The third-order valence-electron chi connectivity index (χ3n) is 4.24. The van der Waals surface area contributed by atoms with Crippen LogP contribution in [0.25, 0.3) is 0 Å². The molecule has 0 radical (unpaired) electrons. The topological polar surface area (TPSA) is 62.3 Å². The standard InChI is InChI=1S/C16H23N3O/c1-12-4-3-7-19(15(12)10-18)11-13-5-6-14(9-17)16(8-13)20-2/h5-6,8,12,15H,3-4,7,10-11,18H2,1-2H3. The van der Waals surface area contributed by atoms with Crippen molar-refractivity contribution < 1.29 is 4.74 Å². The number of benzene rings is 1. The van der Waals surface area contributed by atoms with E-state index in [0.717, 1.165) is 13.1 Å². The molecule has 1 aromatic rings. The maximum absolute atomic E-state index is 9.02. The summed E-state index contributed by atoms with van der Waals surface area (Å²) in [6.45, 7) is 4.94. The van der Waals surface area contributed by atoms with Crippen LogP contribution in [0.15, 0.2) is 18.2 Å². The minimum atomic E-state index is 0.449. The van der Waals surface area contributed by atoms with Crippen molar-refractivity contribution >= 4 is 0 Å². The summed E-state index contributed by atoms with van der Waals surface area (Å²) in [5.41, 5.74) is 7.69. The molecule has 2 N–H and O–H groups in total. The van der Waals surface area contributed by atoms with E-state index in [1.54, 1.807) is 7.11 Å². The quantitative estimate of drug-likeness (QED) is 0.913. The van der Waals surface area contributed by atoms with Crippen LogP contribution < -0.4 is 10.5 Å². The first kappa shape index (κ1) is 14.8. The van der Waals surface area contributed by atoms with E-state index in [4.69, 9.17) is 15.7 Å². The summed E-state index contributed by atoms with van der Waals surface area (Å²) >= 11 is 0. The van der Waals surface area contributed by atoms with Crippen LogP contribution in [-0.4, -0.2) is 31.1 Å². The molecule has 20 heavy (non-hydrogen) atoms. The molecule has 1 aliphatic heterocycles. The maximum Gasteiger partial charge on any atom is 0.136 e. The predicted molar refractivity (Wildman–Crippen MR) is 79.4 cm³/mol. The smallest absolute Gasteiger partial charge is 0.136 e. The van der Waals surface area contributed by atoms with Crippen LogP contribution in [0.2, 0.25) is 0 Å². The van der Waals surface area contributed by atoms with Gasteiger partial charge in [-0.05, 0) is 43.0 Å². The summed E-state index contributed by atoms with van der Waals surface area (Å²) in [7, 11) is 1.60. The molecular formula is C16H23N3O. The number of rotatable bonds is 4. The molecule has 2 unspecified atom stereocenters. The van der Waals surface area contributed by atoms with E-state index >= 15 is 0 Å². The fourth-order valence-electron chi connectivity index (χ4n) is 3.07. The van der Waals surface area contributed by atoms with Gasteiger partial charge in [-0.15, -0.1) is 0 Å². The van der Waals surface area contributed by atoms with Gasteiger partial charge < -0.3 is 10.5 Å². The lowest BCUT2D eigenvalue weighted by atomic mass is 9.90. The highest BCUT2D eigenvalue weighted by Crippen LogP contribution is 2.26. The predicted octanol–water partition coefficient (Wildman–Crippen LogP) is 2.13. The first-order chi connectivity index (χ1) is 9.69. The van der Waals surface area contributed by atoms with Gasteiger partial charge in [0.2, 0.25) is 0 Å². The zero-order valence-corrected chi connectivity index (χ0v) is 12.3. The molecule has 4 heteroatoms. The van der Waals surface area contributed by atoms with Crippen molar-refractivity contribution in [1.82, 2.24) is 4.90 Å². The lowest BCUT2D eigenvalue weighted by molar-refractivity contribution is 0.0990. The van der Waals surface area contributed by atoms with Gasteiger partial charge in [-0.25, -0.2) is 0 Å². The fourth-order valence-corrected chi connectivity index (χ4v) is 3.07. The highest BCUT2D eigenvalue weighted by Gasteiger charge is 2.27. The van der Waals surface area contributed by atoms with Crippen molar-refractivity contribution in [2.45, 2.75) is 32.4 Å². The molecule has 4 nitrogen and oxygen atoms in total. The number of nitrogens with zero attached hydrogens (tertiary/aromatic N) is 2. The number of ether oxygens (including phenoxy) is 1. The zero-order chi connectivity index (χ0) is 14.5. The van der Waals surface area contributed by atoms with Crippen LogP contribution in [0, 0.1) is 17.2 Å². The largest absolute Gasteiger partial charge is 0.495 e. The molecule has 1 fully saturated rings. The van der Waals surface area contributed by atoms with Crippen molar-refractivity contribution in [1.29, 1.82) is 5.26 Å². The Hall–Kier alpha value is -1.57. The molecule has 0 aliphatic carbocycles. The summed E-state index contributed by atoms with van der Waals surface area (Å²) < 4.78 is 5.27. The summed E-state index contributed by atoms with van der Waals surface area (Å²) in [6, 6.07) is 8.40. The van der Waals surface area contributed by atoms with Gasteiger partial charge in [-0.2, -0.15) is 5.26 Å². The van der Waals surface area contributed by atoms with Gasteiger partial charge in [0, 0.05) is 19.1 Å². The number of piperidine rings is 1. The van der Waals surface area contributed by atoms with E-state index in [2.05, 4.69) is 17.9 Å². The summed E-state index contributed by atoms with van der Waals surface area (Å²) in [6.07, 6.45) is 2.49. The summed E-state index contributed by atoms with van der Waals surface area (Å²) in [5.74, 6) is 1.30. The normalized spacial score (nSPS) is 23.3. The van der Waals surface area contributed by atoms with E-state index in [1.165, 1.54) is 18.4 Å². The van der Waals surface area contributed by atoms with Gasteiger partial charge in [-0.3, -0.25) is 4.90 Å². The second-order valence-electron chi connectivity index (χ2n) is 5.54. The van der Waals surface area contributed by atoms with Gasteiger partial charge in [0.1, 0.15) is 11.8 Å². The Balaban J connectivity index is 2.15. The minimum Gasteiger partial charge on any atom is -0.495 e. The third-order valence-corrected chi connectivity index (χ3v) is 4.24. The molecule has 2 atom stereocenters. The lowest BCUT2D eigenvalue weighted by Crippen LogP contribution is -2.47. The Bertz CT molecular complexity index is 495. The van der Waals surface area contributed by atoms with Crippen molar-refractivity contribution in [3.63, 3.8) is 0 Å². The SMILES string of the molecule is COc1cc(CN2CCCC(C)C2CN)ccc1C#N. The zero-order valence-electron chi connectivity index (χ0n) is 12.3. The Morgan fingerprint density at radius 2 is 2.30 bits per heavy atom. The lowest BCUT2D eigenvalue weighted by Gasteiger charge is -2.39. The molecule has 1 heterocycles. The average Bonchev–Trinajstić information content (AvgIpc) is 2.47. The second kappa shape index (κ2) is 6.74. The van der Waals surface area contributed by atoms with Crippen LogP contribution in [0.4, 0.5) is 0 Å². The van der Waals surface area contributed by atoms with Crippen molar-refractivity contribution in [2.24, 2.45) is 11.7 Å². The molecular weight excluding hydrogens is 250 g/mol. The van der Waals surface area contributed by atoms with Crippen molar-refractivity contribution in [3.8, 4) is 11.8 Å². The van der Waals surface area contributed by atoms with Crippen molar-refractivity contribution in [3.05, 3.63) is 29.3 Å². The van der Waals surface area contributed by atoms with Gasteiger partial charge in [0.15, 0.2) is 0 Å². The second-order valence-corrected chi connectivity index (χ2v) is 5.54. The Labute approximate surface area is 121 Å². The molecule has 1 aromatic carbocycles. The van der Waals surface area contributed by atoms with Gasteiger partial charge >= 0.3 is 0 Å². The molecule has 0 spiro atoms. The van der Waals surface area contributed by atoms with E-state index in [0.29, 0.717) is 29.8 Å². The highest BCUT2D eigenvalue weighted by molar-refractivity contribution is 5.45. The monoisotopic (exact) mass is 273 g/mol. The Morgan fingerprint density at radius 3 is 2.95 bits per heavy atom. The maximum atomic E-state index is 9.02. The first-order valence-electron chi connectivity index (χ1n) is 7.20. The molecule has 1 aliphatic rings. The third kappa shape index (κ3) is 3.12. The molecule has 0 bridgehead atoms. The van der Waals surface area contributed by atoms with Crippen LogP contribution >= 0.6 is 0 Å². The molecule has 2 rings (SSSR count). The van der Waals surface area contributed by atoms with E-state index < -0.39 is 0 Å². The number of likely N-dealkylation sites (tertiary alicyclic amines) is 1. The van der Waals surface area contributed by atoms with Gasteiger partial charge in [0.25, 0.3) is 0 Å². The molecule has 0 amide bonds. The summed E-state index contributed by atoms with van der Waals surface area (Å²) in [5, 5.41) is 9.02. The number of hydrogen-bond acceptors (Lipinski definition) is 4. The highest BCUT2D eigenvalue weighted by atomic mass is 16.5. The number of methoxy groups -OCH3 is 1. The van der Waals surface area contributed by atoms with Gasteiger partial charge in [-0.1, -0.05) is 13.0 Å². The Morgan fingerprint density at radius 1 is 1.50 bits per heavy atom. The van der Waals surface area contributed by atoms with Crippen LogP contribution in [0.1, 0.15) is 30.9 Å². The average molecular weight is 273 g/mol. The fraction of sp³-hybridized carbons (Fsp3) is 0.562. The molecule has 0 saturated carbocycles. The minimum absolute atomic E-state index is 0.449. The first-order valence-corrected chi connectivity index (χ1v) is 7.20. The number of nitriles is 1. The Kier molecular flexibility index (Phi) is 4.99. The van der Waals surface area contributed by atoms with Crippen molar-refractivity contribution in [2.75, 3.05) is 20.2 Å². The summed E-state index contributed by atoms with van der Waals surface area (Å²) in [4.78, 5) is 2.45. The molecule has 1 saturated heterocycles. The van der Waals surface area contributed by atoms with Gasteiger partial charge in [0.05, 0.1) is 12.7 Å². The van der Waals surface area contributed by atoms with E-state index in [-0.39, 0.29) is 0 Å². The van der Waals surface area contributed by atoms with Crippen LogP contribution in [-0.2, 0) is 6.54 Å². The van der Waals surface area contributed by atoms with E-state index in [9.17, 15) is 0 Å². The number of hydrogen-bond donors (Lipinski definition) is 1.